The van der Waals surface area contributed by atoms with Crippen LogP contribution < -0.4 is 5.73 Å². The van der Waals surface area contributed by atoms with Gasteiger partial charge in [0.15, 0.2) is 0 Å². The van der Waals surface area contributed by atoms with Crippen LogP contribution in [0.3, 0.4) is 0 Å². The largest absolute Gasteiger partial charge is 0.468 e. The fourth-order valence-corrected chi connectivity index (χ4v) is 2.83. The molecule has 0 spiro atoms. The molecule has 1 aromatic rings. The van der Waals surface area contributed by atoms with Gasteiger partial charge in [-0.1, -0.05) is 0 Å². The maximum Gasteiger partial charge on any atom is 0.117 e. The van der Waals surface area contributed by atoms with Gasteiger partial charge in [-0.15, -0.1) is 0 Å². The van der Waals surface area contributed by atoms with Crippen molar-refractivity contribution in [3.63, 3.8) is 0 Å². The first-order chi connectivity index (χ1) is 7.84. The van der Waals surface area contributed by atoms with Crippen molar-refractivity contribution in [2.75, 3.05) is 6.54 Å². The van der Waals surface area contributed by atoms with Crippen molar-refractivity contribution in [1.29, 1.82) is 0 Å². The van der Waals surface area contributed by atoms with E-state index in [1.807, 2.05) is 6.07 Å². The maximum atomic E-state index is 5.99. The van der Waals surface area contributed by atoms with Gasteiger partial charge in [-0.25, -0.2) is 0 Å². The highest BCUT2D eigenvalue weighted by Crippen LogP contribution is 2.44. The van der Waals surface area contributed by atoms with Crippen molar-refractivity contribution in [1.82, 2.24) is 4.90 Å². The molecular weight excluding hydrogens is 200 g/mol. The molecule has 2 aliphatic carbocycles. The van der Waals surface area contributed by atoms with E-state index in [0.717, 1.165) is 24.9 Å². The number of nitrogens with two attached hydrogens (primary N) is 1. The molecule has 2 saturated carbocycles. The average Bonchev–Trinajstić information content (AvgIpc) is 2.95. The Morgan fingerprint density at radius 3 is 2.69 bits per heavy atom. The molecule has 0 radical (unpaired) electrons. The Balaban J connectivity index is 1.75. The van der Waals surface area contributed by atoms with E-state index in [0.29, 0.717) is 0 Å². The lowest BCUT2D eigenvalue weighted by Crippen LogP contribution is -2.58. The Hall–Kier alpha value is -0.800. The molecule has 0 atom stereocenters. The highest BCUT2D eigenvalue weighted by Gasteiger charge is 2.47. The van der Waals surface area contributed by atoms with Gasteiger partial charge in [0.2, 0.25) is 0 Å². The average molecular weight is 220 g/mol. The second kappa shape index (κ2) is 3.90. The summed E-state index contributed by atoms with van der Waals surface area (Å²) >= 11 is 0. The van der Waals surface area contributed by atoms with E-state index < -0.39 is 0 Å². The van der Waals surface area contributed by atoms with Crippen LogP contribution in [-0.4, -0.2) is 23.0 Å². The van der Waals surface area contributed by atoms with Crippen LogP contribution in [0.1, 0.15) is 37.9 Å². The first-order valence-corrected chi connectivity index (χ1v) is 6.33. The third-order valence-corrected chi connectivity index (χ3v) is 4.17. The molecule has 0 aromatic carbocycles. The van der Waals surface area contributed by atoms with Crippen molar-refractivity contribution >= 4 is 0 Å². The molecule has 3 rings (SSSR count). The zero-order valence-corrected chi connectivity index (χ0v) is 9.69. The lowest BCUT2D eigenvalue weighted by Gasteiger charge is -2.50. The molecule has 3 heteroatoms. The summed E-state index contributed by atoms with van der Waals surface area (Å²) < 4.78 is 5.47. The zero-order valence-electron chi connectivity index (χ0n) is 9.69. The Labute approximate surface area is 96.6 Å². The van der Waals surface area contributed by atoms with Gasteiger partial charge >= 0.3 is 0 Å². The Bertz CT molecular complexity index is 333. The third-order valence-electron chi connectivity index (χ3n) is 4.17. The van der Waals surface area contributed by atoms with Crippen molar-refractivity contribution in [2.45, 2.75) is 50.2 Å². The third kappa shape index (κ3) is 1.68. The zero-order chi connectivity index (χ0) is 11.0. The minimum atomic E-state index is 0.286. The summed E-state index contributed by atoms with van der Waals surface area (Å²) in [5.41, 5.74) is 6.28. The fourth-order valence-electron chi connectivity index (χ4n) is 2.83. The molecule has 2 N–H and O–H groups in total. The van der Waals surface area contributed by atoms with E-state index in [1.54, 1.807) is 6.26 Å². The van der Waals surface area contributed by atoms with Gasteiger partial charge in [-0.3, -0.25) is 4.90 Å². The summed E-state index contributed by atoms with van der Waals surface area (Å²) in [4.78, 5) is 2.61. The van der Waals surface area contributed by atoms with Crippen molar-refractivity contribution in [3.05, 3.63) is 24.2 Å². The monoisotopic (exact) mass is 220 g/mol. The second-order valence-electron chi connectivity index (χ2n) is 5.22. The molecule has 16 heavy (non-hydrogen) atoms. The highest BCUT2D eigenvalue weighted by atomic mass is 16.3. The molecule has 0 aliphatic heterocycles. The minimum absolute atomic E-state index is 0.286. The smallest absolute Gasteiger partial charge is 0.117 e. The van der Waals surface area contributed by atoms with E-state index in [2.05, 4.69) is 11.0 Å². The summed E-state index contributed by atoms with van der Waals surface area (Å²) in [6.07, 6.45) is 8.29. The molecular formula is C13H20N2O. The predicted molar refractivity (Wildman–Crippen MR) is 62.9 cm³/mol. The van der Waals surface area contributed by atoms with Crippen molar-refractivity contribution in [3.8, 4) is 0 Å². The van der Waals surface area contributed by atoms with E-state index >= 15 is 0 Å². The van der Waals surface area contributed by atoms with E-state index in [9.17, 15) is 0 Å². The molecule has 1 heterocycles. The van der Waals surface area contributed by atoms with Crippen LogP contribution in [0.2, 0.25) is 0 Å². The molecule has 2 fully saturated rings. The molecule has 0 bridgehead atoms. The van der Waals surface area contributed by atoms with Crippen LogP contribution in [0.25, 0.3) is 0 Å². The molecule has 0 amide bonds. The molecule has 1 aromatic heterocycles. The highest BCUT2D eigenvalue weighted by molar-refractivity contribution is 5.07. The van der Waals surface area contributed by atoms with Crippen LogP contribution in [0.15, 0.2) is 22.8 Å². The standard InChI is InChI=1S/C13H20N2O/c14-10-13(6-2-7-13)15(11-4-5-11)9-12-3-1-8-16-12/h1,3,8,11H,2,4-7,9-10,14H2. The second-order valence-corrected chi connectivity index (χ2v) is 5.22. The number of hydrogen-bond acceptors (Lipinski definition) is 3. The van der Waals surface area contributed by atoms with Crippen LogP contribution in [0, 0.1) is 0 Å². The maximum absolute atomic E-state index is 5.99. The first kappa shape index (κ1) is 10.4. The normalized spacial score (nSPS) is 23.4. The summed E-state index contributed by atoms with van der Waals surface area (Å²) in [6.45, 7) is 1.74. The Morgan fingerprint density at radius 2 is 2.25 bits per heavy atom. The van der Waals surface area contributed by atoms with Gasteiger partial charge in [-0.2, -0.15) is 0 Å². The van der Waals surface area contributed by atoms with Crippen LogP contribution in [0.4, 0.5) is 0 Å². The topological polar surface area (TPSA) is 42.4 Å². The summed E-state index contributed by atoms with van der Waals surface area (Å²) in [5.74, 6) is 1.08. The van der Waals surface area contributed by atoms with Gasteiger partial charge in [0.1, 0.15) is 5.76 Å². The van der Waals surface area contributed by atoms with Crippen molar-refractivity contribution in [2.24, 2.45) is 5.73 Å². The number of rotatable bonds is 5. The SMILES string of the molecule is NCC1(N(Cc2ccco2)C2CC2)CCC1. The number of furan rings is 1. The van der Waals surface area contributed by atoms with Crippen LogP contribution in [-0.2, 0) is 6.54 Å². The summed E-state index contributed by atoms with van der Waals surface area (Å²) in [5, 5.41) is 0. The first-order valence-electron chi connectivity index (χ1n) is 6.33. The Kier molecular flexibility index (Phi) is 2.52. The molecule has 3 nitrogen and oxygen atoms in total. The van der Waals surface area contributed by atoms with Gasteiger partial charge in [0.25, 0.3) is 0 Å². The molecule has 0 saturated heterocycles. The van der Waals surface area contributed by atoms with Crippen LogP contribution >= 0.6 is 0 Å². The predicted octanol–water partition coefficient (Wildman–Crippen LogP) is 2.13. The quantitative estimate of drug-likeness (QED) is 0.826. The van der Waals surface area contributed by atoms with Gasteiger partial charge < -0.3 is 10.2 Å². The Morgan fingerprint density at radius 1 is 1.44 bits per heavy atom. The lowest BCUT2D eigenvalue weighted by molar-refractivity contribution is 0.00442. The lowest BCUT2D eigenvalue weighted by atomic mass is 9.75. The number of hydrogen-bond donors (Lipinski definition) is 1. The van der Waals surface area contributed by atoms with Crippen LogP contribution in [0.5, 0.6) is 0 Å². The molecule has 2 aliphatic rings. The summed E-state index contributed by atoms with van der Waals surface area (Å²) in [7, 11) is 0. The van der Waals surface area contributed by atoms with Gasteiger partial charge in [0, 0.05) is 18.1 Å². The van der Waals surface area contributed by atoms with Gasteiger partial charge in [-0.05, 0) is 44.2 Å². The fraction of sp³-hybridized carbons (Fsp3) is 0.692. The molecule has 88 valence electrons. The van der Waals surface area contributed by atoms with Crippen molar-refractivity contribution < 1.29 is 4.42 Å². The van der Waals surface area contributed by atoms with E-state index in [1.165, 1.54) is 32.1 Å². The number of nitrogens with zero attached hydrogens (tertiary/aromatic N) is 1. The van der Waals surface area contributed by atoms with Gasteiger partial charge in [0.05, 0.1) is 12.8 Å². The summed E-state index contributed by atoms with van der Waals surface area (Å²) in [6, 6.07) is 4.79. The van der Waals surface area contributed by atoms with E-state index in [4.69, 9.17) is 10.2 Å². The minimum Gasteiger partial charge on any atom is -0.468 e. The van der Waals surface area contributed by atoms with E-state index in [-0.39, 0.29) is 5.54 Å². The molecule has 0 unspecified atom stereocenters.